The molecule has 0 atom stereocenters. The lowest BCUT2D eigenvalue weighted by atomic mass is 10.2. The minimum Gasteiger partial charge on any atom is -0.396 e. The molecule has 14 heavy (non-hydrogen) atoms. The van der Waals surface area contributed by atoms with E-state index < -0.39 is 11.9 Å². The van der Waals surface area contributed by atoms with Crippen LogP contribution in [0.15, 0.2) is 12.2 Å². The van der Waals surface area contributed by atoms with E-state index in [1.807, 2.05) is 5.48 Å². The van der Waals surface area contributed by atoms with Gasteiger partial charge in [-0.3, -0.25) is 4.79 Å². The van der Waals surface area contributed by atoms with Crippen LogP contribution in [0.5, 0.6) is 0 Å². The Morgan fingerprint density at radius 3 is 2.64 bits per heavy atom. The molecule has 1 amide bonds. The summed E-state index contributed by atoms with van der Waals surface area (Å²) in [6.45, 7) is 5.14. The number of aliphatic hydroxyl groups is 1. The lowest BCUT2D eigenvalue weighted by Gasteiger charge is -2.05. The van der Waals surface area contributed by atoms with E-state index in [1.54, 1.807) is 6.92 Å². The molecule has 0 aromatic rings. The van der Waals surface area contributed by atoms with Gasteiger partial charge in [0.2, 0.25) is 0 Å². The zero-order valence-electron chi connectivity index (χ0n) is 8.21. The number of aliphatic hydroxyl groups excluding tert-OH is 1. The SMILES string of the molecule is C=C(CC)C(=O)ONC(=O)CCCO. The molecule has 0 spiro atoms. The van der Waals surface area contributed by atoms with Crippen molar-refractivity contribution in [3.8, 4) is 0 Å². The van der Waals surface area contributed by atoms with Crippen LogP contribution in [0, 0.1) is 0 Å². The zero-order chi connectivity index (χ0) is 11.0. The fourth-order valence-electron chi connectivity index (χ4n) is 0.610. The van der Waals surface area contributed by atoms with Crippen molar-refractivity contribution in [1.82, 2.24) is 5.48 Å². The standard InChI is InChI=1S/C9H15NO4/c1-3-7(2)9(13)14-10-8(12)5-4-6-11/h11H,2-6H2,1H3,(H,10,12). The second kappa shape index (κ2) is 7.08. The topological polar surface area (TPSA) is 75.6 Å². The molecule has 80 valence electrons. The number of carbonyl (C=O) groups is 2. The second-order valence-electron chi connectivity index (χ2n) is 2.70. The van der Waals surface area contributed by atoms with Gasteiger partial charge in [-0.2, -0.15) is 5.48 Å². The van der Waals surface area contributed by atoms with Crippen LogP contribution >= 0.6 is 0 Å². The Labute approximate surface area is 82.7 Å². The molecular weight excluding hydrogens is 186 g/mol. The van der Waals surface area contributed by atoms with Gasteiger partial charge in [-0.15, -0.1) is 0 Å². The molecule has 0 saturated carbocycles. The molecule has 0 saturated heterocycles. The summed E-state index contributed by atoms with van der Waals surface area (Å²) in [6, 6.07) is 0. The lowest BCUT2D eigenvalue weighted by Crippen LogP contribution is -2.27. The quantitative estimate of drug-likeness (QED) is 0.495. The van der Waals surface area contributed by atoms with Crippen LogP contribution in [0.2, 0.25) is 0 Å². The molecule has 0 aliphatic carbocycles. The first-order chi connectivity index (χ1) is 6.61. The molecule has 2 N–H and O–H groups in total. The van der Waals surface area contributed by atoms with Crippen LogP contribution in [0.1, 0.15) is 26.2 Å². The van der Waals surface area contributed by atoms with Crippen molar-refractivity contribution in [1.29, 1.82) is 0 Å². The van der Waals surface area contributed by atoms with Gasteiger partial charge in [-0.25, -0.2) is 4.79 Å². The highest BCUT2D eigenvalue weighted by Crippen LogP contribution is 1.98. The highest BCUT2D eigenvalue weighted by Gasteiger charge is 2.08. The normalized spacial score (nSPS) is 9.29. The maximum atomic E-state index is 11.0. The first-order valence-electron chi connectivity index (χ1n) is 4.40. The van der Waals surface area contributed by atoms with E-state index in [4.69, 9.17) is 5.11 Å². The van der Waals surface area contributed by atoms with Crippen molar-refractivity contribution >= 4 is 11.9 Å². The van der Waals surface area contributed by atoms with Gasteiger partial charge in [-0.1, -0.05) is 13.5 Å². The summed E-state index contributed by atoms with van der Waals surface area (Å²) in [5, 5.41) is 8.42. The van der Waals surface area contributed by atoms with E-state index in [1.165, 1.54) is 0 Å². The van der Waals surface area contributed by atoms with Crippen molar-refractivity contribution in [3.63, 3.8) is 0 Å². The van der Waals surface area contributed by atoms with Gasteiger partial charge in [-0.05, 0) is 12.8 Å². The van der Waals surface area contributed by atoms with Gasteiger partial charge >= 0.3 is 5.97 Å². The molecule has 0 aromatic heterocycles. The summed E-state index contributed by atoms with van der Waals surface area (Å²) < 4.78 is 0. The molecule has 0 aromatic carbocycles. The third-order valence-corrected chi connectivity index (χ3v) is 1.53. The van der Waals surface area contributed by atoms with Crippen LogP contribution in [0.4, 0.5) is 0 Å². The summed E-state index contributed by atoms with van der Waals surface area (Å²) in [6.07, 6.45) is 0.950. The van der Waals surface area contributed by atoms with Gasteiger partial charge in [0.25, 0.3) is 5.91 Å². The van der Waals surface area contributed by atoms with Gasteiger partial charge in [0, 0.05) is 18.6 Å². The Bertz CT molecular complexity index is 225. The molecule has 0 rings (SSSR count). The Hall–Kier alpha value is -1.36. The van der Waals surface area contributed by atoms with Gasteiger partial charge in [0.1, 0.15) is 0 Å². The predicted octanol–water partition coefficient (Wildman–Crippen LogP) is 0.299. The van der Waals surface area contributed by atoms with E-state index in [0.29, 0.717) is 18.4 Å². The molecule has 0 radical (unpaired) electrons. The molecule has 5 heteroatoms. The average Bonchev–Trinajstić information content (AvgIpc) is 2.21. The summed E-state index contributed by atoms with van der Waals surface area (Å²) in [5.41, 5.74) is 2.27. The molecular formula is C9H15NO4. The first-order valence-corrected chi connectivity index (χ1v) is 4.40. The third-order valence-electron chi connectivity index (χ3n) is 1.53. The second-order valence-corrected chi connectivity index (χ2v) is 2.70. The maximum absolute atomic E-state index is 11.0. The van der Waals surface area contributed by atoms with Crippen molar-refractivity contribution in [3.05, 3.63) is 12.2 Å². The molecule has 0 bridgehead atoms. The molecule has 0 unspecified atom stereocenters. The number of rotatable bonds is 5. The van der Waals surface area contributed by atoms with E-state index in [0.717, 1.165) is 0 Å². The van der Waals surface area contributed by atoms with Crippen molar-refractivity contribution in [2.24, 2.45) is 0 Å². The van der Waals surface area contributed by atoms with Crippen LogP contribution in [0.25, 0.3) is 0 Å². The molecule has 0 fully saturated rings. The number of hydroxylamine groups is 1. The minimum atomic E-state index is -0.634. The van der Waals surface area contributed by atoms with Crippen LogP contribution in [-0.2, 0) is 14.4 Å². The van der Waals surface area contributed by atoms with Gasteiger partial charge in [0.05, 0.1) is 0 Å². The predicted molar refractivity (Wildman–Crippen MR) is 50.0 cm³/mol. The fourth-order valence-corrected chi connectivity index (χ4v) is 0.610. The fraction of sp³-hybridized carbons (Fsp3) is 0.556. The van der Waals surface area contributed by atoms with E-state index in [2.05, 4.69) is 11.4 Å². The molecule has 0 heterocycles. The van der Waals surface area contributed by atoms with E-state index >= 15 is 0 Å². The van der Waals surface area contributed by atoms with Crippen LogP contribution < -0.4 is 5.48 Å². The largest absolute Gasteiger partial charge is 0.396 e. The van der Waals surface area contributed by atoms with Crippen LogP contribution in [0.3, 0.4) is 0 Å². The summed E-state index contributed by atoms with van der Waals surface area (Å²) in [5.74, 6) is -1.07. The van der Waals surface area contributed by atoms with E-state index in [-0.39, 0.29) is 13.0 Å². The van der Waals surface area contributed by atoms with Crippen molar-refractivity contribution < 1.29 is 19.5 Å². The Morgan fingerprint density at radius 1 is 1.50 bits per heavy atom. The number of hydrogen-bond donors (Lipinski definition) is 2. The molecule has 0 aliphatic rings. The molecule has 5 nitrogen and oxygen atoms in total. The van der Waals surface area contributed by atoms with E-state index in [9.17, 15) is 9.59 Å². The maximum Gasteiger partial charge on any atom is 0.358 e. The Balaban J connectivity index is 3.66. The summed E-state index contributed by atoms with van der Waals surface area (Å²) in [4.78, 5) is 26.3. The summed E-state index contributed by atoms with van der Waals surface area (Å²) in [7, 11) is 0. The Morgan fingerprint density at radius 2 is 2.14 bits per heavy atom. The lowest BCUT2D eigenvalue weighted by molar-refractivity contribution is -0.154. The number of nitrogens with one attached hydrogen (secondary N) is 1. The number of amides is 1. The number of carbonyl (C=O) groups excluding carboxylic acids is 2. The molecule has 0 aliphatic heterocycles. The van der Waals surface area contributed by atoms with Gasteiger partial charge in [0.15, 0.2) is 0 Å². The number of hydrogen-bond acceptors (Lipinski definition) is 4. The highest BCUT2D eigenvalue weighted by molar-refractivity contribution is 5.88. The third kappa shape index (κ3) is 5.31. The van der Waals surface area contributed by atoms with Crippen LogP contribution in [-0.4, -0.2) is 23.6 Å². The van der Waals surface area contributed by atoms with Crippen molar-refractivity contribution in [2.75, 3.05) is 6.61 Å². The van der Waals surface area contributed by atoms with Crippen molar-refractivity contribution in [2.45, 2.75) is 26.2 Å². The highest BCUT2D eigenvalue weighted by atomic mass is 16.7. The minimum absolute atomic E-state index is 0.0664. The summed E-state index contributed by atoms with van der Waals surface area (Å²) >= 11 is 0. The zero-order valence-corrected chi connectivity index (χ0v) is 8.21. The average molecular weight is 201 g/mol. The Kier molecular flexibility index (Phi) is 6.39. The smallest absolute Gasteiger partial charge is 0.358 e. The monoisotopic (exact) mass is 201 g/mol. The first kappa shape index (κ1) is 12.6. The van der Waals surface area contributed by atoms with Gasteiger partial charge < -0.3 is 9.94 Å².